The van der Waals surface area contributed by atoms with E-state index in [9.17, 15) is 0 Å². The summed E-state index contributed by atoms with van der Waals surface area (Å²) < 4.78 is 5.65. The number of aromatic nitrogens is 1. The van der Waals surface area contributed by atoms with E-state index in [1.165, 1.54) is 12.8 Å². The van der Waals surface area contributed by atoms with Crippen LogP contribution in [0.1, 0.15) is 24.8 Å². The van der Waals surface area contributed by atoms with Gasteiger partial charge >= 0.3 is 0 Å². The molecule has 2 saturated heterocycles. The van der Waals surface area contributed by atoms with Crippen molar-refractivity contribution in [1.29, 1.82) is 0 Å². The van der Waals surface area contributed by atoms with E-state index >= 15 is 0 Å². The predicted octanol–water partition coefficient (Wildman–Crippen LogP) is 3.39. The Morgan fingerprint density at radius 2 is 2.23 bits per heavy atom. The molecule has 1 aromatic carbocycles. The molecule has 1 aromatic heterocycles. The van der Waals surface area contributed by atoms with Crippen LogP contribution in [0.15, 0.2) is 40.7 Å². The summed E-state index contributed by atoms with van der Waals surface area (Å²) >= 11 is 1.68. The van der Waals surface area contributed by atoms with Gasteiger partial charge in [-0.2, -0.15) is 0 Å². The maximum Gasteiger partial charge on any atom is 0.194 e. The molecule has 0 aliphatic carbocycles. The molecule has 2 aliphatic heterocycles. The average molecular weight is 371 g/mol. The monoisotopic (exact) mass is 370 g/mol. The first-order valence-corrected chi connectivity index (χ1v) is 10.3. The highest BCUT2D eigenvalue weighted by Gasteiger charge is 2.42. The molecule has 138 valence electrons. The Bertz CT molecular complexity index is 752. The summed E-state index contributed by atoms with van der Waals surface area (Å²) in [6.07, 6.45) is 2.38. The van der Waals surface area contributed by atoms with Crippen LogP contribution in [-0.4, -0.2) is 48.7 Å². The molecule has 1 unspecified atom stereocenters. The molecule has 1 atom stereocenters. The van der Waals surface area contributed by atoms with Crippen LogP contribution in [0.4, 0.5) is 0 Å². The lowest BCUT2D eigenvalue weighted by molar-refractivity contribution is 0.156. The number of benzene rings is 1. The Morgan fingerprint density at radius 1 is 1.35 bits per heavy atom. The van der Waals surface area contributed by atoms with Gasteiger partial charge in [0.05, 0.1) is 18.8 Å². The number of guanidine groups is 1. The highest BCUT2D eigenvalue weighted by Crippen LogP contribution is 2.38. The molecule has 26 heavy (non-hydrogen) atoms. The van der Waals surface area contributed by atoms with Gasteiger partial charge in [-0.05, 0) is 19.8 Å². The maximum absolute atomic E-state index is 5.65. The van der Waals surface area contributed by atoms with E-state index < -0.39 is 0 Å². The molecule has 1 N–H and O–H groups in total. The van der Waals surface area contributed by atoms with Crippen LogP contribution < -0.4 is 5.32 Å². The molecule has 6 heteroatoms. The van der Waals surface area contributed by atoms with E-state index in [0.717, 1.165) is 55.1 Å². The Kier molecular flexibility index (Phi) is 5.22. The third-order valence-corrected chi connectivity index (χ3v) is 6.08. The van der Waals surface area contributed by atoms with Crippen molar-refractivity contribution in [3.05, 3.63) is 40.7 Å². The fourth-order valence-corrected chi connectivity index (χ4v) is 4.51. The van der Waals surface area contributed by atoms with E-state index in [0.29, 0.717) is 12.0 Å². The van der Waals surface area contributed by atoms with Crippen molar-refractivity contribution < 1.29 is 4.74 Å². The second kappa shape index (κ2) is 7.76. The van der Waals surface area contributed by atoms with Crippen LogP contribution in [-0.2, 0) is 11.3 Å². The van der Waals surface area contributed by atoms with Crippen LogP contribution in [0.25, 0.3) is 11.3 Å². The minimum atomic E-state index is 0.345. The van der Waals surface area contributed by atoms with E-state index in [4.69, 9.17) is 14.7 Å². The van der Waals surface area contributed by atoms with Crippen LogP contribution in [0.3, 0.4) is 0 Å². The van der Waals surface area contributed by atoms with Gasteiger partial charge in [-0.25, -0.2) is 9.98 Å². The second-order valence-electron chi connectivity index (χ2n) is 7.14. The SMILES string of the molecule is CCNC(=NCc1nc(-c2ccccc2)cs1)N1CCC2(CCOC2)C1. The lowest BCUT2D eigenvalue weighted by atomic mass is 9.87. The van der Waals surface area contributed by atoms with Gasteiger partial charge in [0, 0.05) is 42.6 Å². The first kappa shape index (κ1) is 17.5. The van der Waals surface area contributed by atoms with Crippen molar-refractivity contribution in [3.8, 4) is 11.3 Å². The van der Waals surface area contributed by atoms with Gasteiger partial charge in [0.15, 0.2) is 5.96 Å². The smallest absolute Gasteiger partial charge is 0.194 e. The van der Waals surface area contributed by atoms with E-state index in [-0.39, 0.29) is 0 Å². The minimum absolute atomic E-state index is 0.345. The van der Waals surface area contributed by atoms with Gasteiger partial charge in [-0.1, -0.05) is 30.3 Å². The summed E-state index contributed by atoms with van der Waals surface area (Å²) in [7, 11) is 0. The number of hydrogen-bond acceptors (Lipinski definition) is 4. The number of likely N-dealkylation sites (tertiary alicyclic amines) is 1. The third kappa shape index (κ3) is 3.76. The number of thiazole rings is 1. The zero-order valence-electron chi connectivity index (χ0n) is 15.3. The fourth-order valence-electron chi connectivity index (χ4n) is 3.78. The summed E-state index contributed by atoms with van der Waals surface area (Å²) in [6.45, 7) is 7.54. The summed E-state index contributed by atoms with van der Waals surface area (Å²) in [5.41, 5.74) is 2.54. The van der Waals surface area contributed by atoms with Gasteiger partial charge in [0.2, 0.25) is 0 Å². The molecule has 3 heterocycles. The fraction of sp³-hybridized carbons (Fsp3) is 0.500. The molecule has 2 aliphatic rings. The molecule has 2 aromatic rings. The largest absolute Gasteiger partial charge is 0.381 e. The summed E-state index contributed by atoms with van der Waals surface area (Å²) in [5, 5.41) is 6.62. The normalized spacial score (nSPS) is 23.1. The lowest BCUT2D eigenvalue weighted by Crippen LogP contribution is -2.41. The van der Waals surface area contributed by atoms with Crippen LogP contribution in [0.2, 0.25) is 0 Å². The Labute approximate surface area is 159 Å². The molecule has 0 amide bonds. The summed E-state index contributed by atoms with van der Waals surface area (Å²) in [6, 6.07) is 10.3. The number of aliphatic imine (C=N–C) groups is 1. The molecule has 1 spiro atoms. The van der Waals surface area contributed by atoms with Crippen molar-refractivity contribution in [2.75, 3.05) is 32.8 Å². The van der Waals surface area contributed by atoms with Crippen LogP contribution in [0, 0.1) is 5.41 Å². The maximum atomic E-state index is 5.65. The van der Waals surface area contributed by atoms with Gasteiger partial charge < -0.3 is 15.0 Å². The summed E-state index contributed by atoms with van der Waals surface area (Å²) in [4.78, 5) is 12.0. The van der Waals surface area contributed by atoms with Crippen molar-refractivity contribution in [1.82, 2.24) is 15.2 Å². The van der Waals surface area contributed by atoms with Crippen molar-refractivity contribution in [3.63, 3.8) is 0 Å². The first-order valence-electron chi connectivity index (χ1n) is 9.39. The second-order valence-corrected chi connectivity index (χ2v) is 8.08. The number of nitrogens with zero attached hydrogens (tertiary/aromatic N) is 3. The van der Waals surface area contributed by atoms with Crippen molar-refractivity contribution >= 4 is 17.3 Å². The molecule has 0 bridgehead atoms. The molecular weight excluding hydrogens is 344 g/mol. The van der Waals surface area contributed by atoms with E-state index in [1.54, 1.807) is 11.3 Å². The number of hydrogen-bond donors (Lipinski definition) is 1. The average Bonchev–Trinajstić information content (AvgIpc) is 3.42. The molecule has 4 rings (SSSR count). The van der Waals surface area contributed by atoms with Gasteiger partial charge in [-0.3, -0.25) is 0 Å². The Hall–Kier alpha value is -1.92. The molecule has 0 radical (unpaired) electrons. The zero-order chi connectivity index (χ0) is 17.8. The Balaban J connectivity index is 1.44. The molecule has 5 nitrogen and oxygen atoms in total. The van der Waals surface area contributed by atoms with Crippen molar-refractivity contribution in [2.24, 2.45) is 10.4 Å². The molecule has 0 saturated carbocycles. The quantitative estimate of drug-likeness (QED) is 0.662. The Morgan fingerprint density at radius 3 is 3.00 bits per heavy atom. The highest BCUT2D eigenvalue weighted by molar-refractivity contribution is 7.09. The third-order valence-electron chi connectivity index (χ3n) is 5.24. The highest BCUT2D eigenvalue weighted by atomic mass is 32.1. The van der Waals surface area contributed by atoms with E-state index in [1.807, 2.05) is 18.2 Å². The van der Waals surface area contributed by atoms with Crippen LogP contribution in [0.5, 0.6) is 0 Å². The van der Waals surface area contributed by atoms with Gasteiger partial charge in [0.25, 0.3) is 0 Å². The van der Waals surface area contributed by atoms with E-state index in [2.05, 4.69) is 34.7 Å². The summed E-state index contributed by atoms with van der Waals surface area (Å²) in [5.74, 6) is 1.01. The number of ether oxygens (including phenoxy) is 1. The van der Waals surface area contributed by atoms with Crippen LogP contribution >= 0.6 is 11.3 Å². The number of rotatable bonds is 4. The molecule has 2 fully saturated rings. The van der Waals surface area contributed by atoms with Crippen molar-refractivity contribution in [2.45, 2.75) is 26.3 Å². The zero-order valence-corrected chi connectivity index (χ0v) is 16.1. The van der Waals surface area contributed by atoms with Gasteiger partial charge in [-0.15, -0.1) is 11.3 Å². The standard InChI is InChI=1S/C20H26N4OS/c1-2-21-19(24-10-8-20(14-24)9-11-25-15-20)22-12-18-23-17(13-26-18)16-6-4-3-5-7-16/h3-7,13H,2,8-12,14-15H2,1H3,(H,21,22). The predicted molar refractivity (Wildman–Crippen MR) is 106 cm³/mol. The lowest BCUT2D eigenvalue weighted by Gasteiger charge is -2.24. The first-order chi connectivity index (χ1) is 12.8. The molecular formula is C20H26N4OS. The minimum Gasteiger partial charge on any atom is -0.381 e. The topological polar surface area (TPSA) is 49.8 Å². The van der Waals surface area contributed by atoms with Gasteiger partial charge in [0.1, 0.15) is 5.01 Å². The number of nitrogens with one attached hydrogen (secondary N) is 1.